The van der Waals surface area contributed by atoms with E-state index in [1.807, 2.05) is 6.92 Å². The van der Waals surface area contributed by atoms with Crippen LogP contribution >= 0.6 is 34.8 Å². The van der Waals surface area contributed by atoms with E-state index < -0.39 is 5.97 Å². The van der Waals surface area contributed by atoms with E-state index in [9.17, 15) is 9.90 Å². The van der Waals surface area contributed by atoms with Gasteiger partial charge in [0.1, 0.15) is 0 Å². The van der Waals surface area contributed by atoms with E-state index in [1.165, 1.54) is 6.07 Å². The van der Waals surface area contributed by atoms with Crippen LogP contribution < -0.4 is 5.32 Å². The van der Waals surface area contributed by atoms with Crippen molar-refractivity contribution >= 4 is 52.1 Å². The Hall–Kier alpha value is -1.42. The molecule has 0 saturated heterocycles. The van der Waals surface area contributed by atoms with E-state index >= 15 is 0 Å². The van der Waals surface area contributed by atoms with Crippen LogP contribution in [0, 0.1) is 6.92 Å². The molecule has 0 aromatic heterocycles. The van der Waals surface area contributed by atoms with E-state index in [-0.39, 0.29) is 5.56 Å². The zero-order chi connectivity index (χ0) is 14.9. The number of halogens is 3. The summed E-state index contributed by atoms with van der Waals surface area (Å²) < 4.78 is 0. The van der Waals surface area contributed by atoms with Gasteiger partial charge in [-0.25, -0.2) is 4.79 Å². The Morgan fingerprint density at radius 3 is 2.30 bits per heavy atom. The number of nitrogens with one attached hydrogen (secondary N) is 1. The average Bonchev–Trinajstić information content (AvgIpc) is 2.37. The fourth-order valence-electron chi connectivity index (χ4n) is 1.71. The smallest absolute Gasteiger partial charge is 0.337 e. The first kappa shape index (κ1) is 15.0. The SMILES string of the molecule is Cc1ccc(Nc2cc(Cl)c(Cl)cc2Cl)c(C(=O)O)c1. The molecule has 6 heteroatoms. The molecule has 0 atom stereocenters. The van der Waals surface area contributed by atoms with Crippen molar-refractivity contribution in [1.82, 2.24) is 0 Å². The van der Waals surface area contributed by atoms with E-state index in [0.717, 1.165) is 5.56 Å². The number of rotatable bonds is 3. The van der Waals surface area contributed by atoms with E-state index in [4.69, 9.17) is 34.8 Å². The Morgan fingerprint density at radius 1 is 1.00 bits per heavy atom. The number of hydrogen-bond acceptors (Lipinski definition) is 2. The van der Waals surface area contributed by atoms with Gasteiger partial charge in [-0.05, 0) is 31.2 Å². The lowest BCUT2D eigenvalue weighted by Crippen LogP contribution is -2.03. The Morgan fingerprint density at radius 2 is 1.65 bits per heavy atom. The lowest BCUT2D eigenvalue weighted by atomic mass is 10.1. The van der Waals surface area contributed by atoms with Crippen molar-refractivity contribution in [2.75, 3.05) is 5.32 Å². The van der Waals surface area contributed by atoms with Crippen LogP contribution in [0.25, 0.3) is 0 Å². The number of anilines is 2. The lowest BCUT2D eigenvalue weighted by molar-refractivity contribution is 0.0698. The van der Waals surface area contributed by atoms with Crippen LogP contribution in [0.4, 0.5) is 11.4 Å². The maximum Gasteiger partial charge on any atom is 0.337 e. The van der Waals surface area contributed by atoms with Gasteiger partial charge in [-0.2, -0.15) is 0 Å². The van der Waals surface area contributed by atoms with Crippen LogP contribution in [-0.4, -0.2) is 11.1 Å². The molecule has 20 heavy (non-hydrogen) atoms. The minimum absolute atomic E-state index is 0.159. The fraction of sp³-hybridized carbons (Fsp3) is 0.0714. The Balaban J connectivity index is 2.45. The Labute approximate surface area is 131 Å². The highest BCUT2D eigenvalue weighted by Gasteiger charge is 2.12. The molecule has 0 radical (unpaired) electrons. The van der Waals surface area contributed by atoms with Crippen molar-refractivity contribution in [3.63, 3.8) is 0 Å². The second-order valence-corrected chi connectivity index (χ2v) is 5.45. The van der Waals surface area contributed by atoms with Crippen molar-refractivity contribution in [3.05, 3.63) is 56.5 Å². The molecular formula is C14H10Cl3NO2. The Bertz CT molecular complexity index is 686. The quantitative estimate of drug-likeness (QED) is 0.741. The minimum Gasteiger partial charge on any atom is -0.478 e. The molecule has 2 N–H and O–H groups in total. The fourth-order valence-corrected chi connectivity index (χ4v) is 2.30. The van der Waals surface area contributed by atoms with Gasteiger partial charge >= 0.3 is 5.97 Å². The first-order chi connectivity index (χ1) is 9.38. The predicted molar refractivity (Wildman–Crippen MR) is 82.9 cm³/mol. The molecule has 2 aromatic rings. The van der Waals surface area contributed by atoms with Gasteiger partial charge in [-0.3, -0.25) is 0 Å². The van der Waals surface area contributed by atoms with Gasteiger partial charge in [0.2, 0.25) is 0 Å². The summed E-state index contributed by atoms with van der Waals surface area (Å²) in [5.74, 6) is -1.02. The molecule has 0 fully saturated rings. The first-order valence-electron chi connectivity index (χ1n) is 5.64. The van der Waals surface area contributed by atoms with E-state index in [1.54, 1.807) is 24.3 Å². The molecule has 0 heterocycles. The third-order valence-electron chi connectivity index (χ3n) is 2.68. The zero-order valence-corrected chi connectivity index (χ0v) is 12.6. The van der Waals surface area contributed by atoms with Crippen molar-refractivity contribution in [2.45, 2.75) is 6.92 Å². The summed E-state index contributed by atoms with van der Waals surface area (Å²) >= 11 is 17.8. The number of carboxylic acids is 1. The first-order valence-corrected chi connectivity index (χ1v) is 6.77. The maximum atomic E-state index is 11.3. The number of carboxylic acid groups (broad SMARTS) is 1. The largest absolute Gasteiger partial charge is 0.478 e. The van der Waals surface area contributed by atoms with Gasteiger partial charge in [0.15, 0.2) is 0 Å². The minimum atomic E-state index is -1.02. The van der Waals surface area contributed by atoms with Gasteiger partial charge < -0.3 is 10.4 Å². The van der Waals surface area contributed by atoms with Crippen molar-refractivity contribution in [3.8, 4) is 0 Å². The predicted octanol–water partition coefficient (Wildman–Crippen LogP) is 5.40. The van der Waals surface area contributed by atoms with Gasteiger partial charge in [-0.1, -0.05) is 46.4 Å². The molecule has 3 nitrogen and oxygen atoms in total. The number of aromatic carboxylic acids is 1. The molecule has 0 amide bonds. The standard InChI is InChI=1S/C14H10Cl3NO2/c1-7-2-3-12(8(4-7)14(19)20)18-13-6-10(16)9(15)5-11(13)17/h2-6,18H,1H3,(H,19,20). The van der Waals surface area contributed by atoms with Crippen LogP contribution in [0.3, 0.4) is 0 Å². The van der Waals surface area contributed by atoms with Gasteiger partial charge in [0.05, 0.1) is 32.0 Å². The summed E-state index contributed by atoms with van der Waals surface area (Å²) in [5, 5.41) is 13.2. The summed E-state index contributed by atoms with van der Waals surface area (Å²) in [6.07, 6.45) is 0. The molecule has 0 unspecified atom stereocenters. The summed E-state index contributed by atoms with van der Waals surface area (Å²) in [6, 6.07) is 8.12. The van der Waals surface area contributed by atoms with Crippen LogP contribution in [0.1, 0.15) is 15.9 Å². The second-order valence-electron chi connectivity index (χ2n) is 4.23. The molecule has 0 spiro atoms. The molecule has 0 bridgehead atoms. The van der Waals surface area contributed by atoms with Crippen molar-refractivity contribution in [1.29, 1.82) is 0 Å². The third kappa shape index (κ3) is 3.18. The molecule has 0 aliphatic rings. The molecule has 2 rings (SSSR count). The molecular weight excluding hydrogens is 321 g/mol. The van der Waals surface area contributed by atoms with Crippen LogP contribution in [0.5, 0.6) is 0 Å². The van der Waals surface area contributed by atoms with Crippen molar-refractivity contribution < 1.29 is 9.90 Å². The number of benzene rings is 2. The zero-order valence-electron chi connectivity index (χ0n) is 10.4. The molecule has 0 aliphatic heterocycles. The van der Waals surface area contributed by atoms with E-state index in [0.29, 0.717) is 26.4 Å². The topological polar surface area (TPSA) is 49.3 Å². The summed E-state index contributed by atoms with van der Waals surface area (Å²) in [7, 11) is 0. The maximum absolute atomic E-state index is 11.3. The summed E-state index contributed by atoms with van der Waals surface area (Å²) in [4.78, 5) is 11.3. The van der Waals surface area contributed by atoms with Gasteiger partial charge in [0, 0.05) is 0 Å². The highest BCUT2D eigenvalue weighted by molar-refractivity contribution is 6.44. The second kappa shape index (κ2) is 5.92. The molecule has 0 saturated carbocycles. The van der Waals surface area contributed by atoms with Gasteiger partial charge in [0.25, 0.3) is 0 Å². The van der Waals surface area contributed by atoms with Crippen molar-refractivity contribution in [2.24, 2.45) is 0 Å². The van der Waals surface area contributed by atoms with Crippen LogP contribution in [0.15, 0.2) is 30.3 Å². The highest BCUT2D eigenvalue weighted by atomic mass is 35.5. The number of aryl methyl sites for hydroxylation is 1. The van der Waals surface area contributed by atoms with Gasteiger partial charge in [-0.15, -0.1) is 0 Å². The van der Waals surface area contributed by atoms with Crippen LogP contribution in [-0.2, 0) is 0 Å². The summed E-state index contributed by atoms with van der Waals surface area (Å²) in [6.45, 7) is 1.82. The molecule has 104 valence electrons. The molecule has 0 aliphatic carbocycles. The molecule has 2 aromatic carbocycles. The normalized spacial score (nSPS) is 10.4. The lowest BCUT2D eigenvalue weighted by Gasteiger charge is -2.12. The highest BCUT2D eigenvalue weighted by Crippen LogP contribution is 2.34. The monoisotopic (exact) mass is 329 g/mol. The summed E-state index contributed by atoms with van der Waals surface area (Å²) in [5.41, 5.74) is 1.94. The average molecular weight is 331 g/mol. The number of hydrogen-bond donors (Lipinski definition) is 2. The number of carbonyl (C=O) groups is 1. The Kier molecular flexibility index (Phi) is 4.43. The van der Waals surface area contributed by atoms with Crippen LogP contribution in [0.2, 0.25) is 15.1 Å². The van der Waals surface area contributed by atoms with E-state index in [2.05, 4.69) is 5.32 Å². The third-order valence-corrected chi connectivity index (χ3v) is 3.72.